The van der Waals surface area contributed by atoms with Crippen molar-refractivity contribution in [2.75, 3.05) is 26.2 Å². The standard InChI is InChI=1S/C18H25N3O2S/c1-13(22)14-5-4-10-21(11-14)12-17(23)19-9-8-18-20-15-6-2-3-7-16(15)24-18/h2-3,6-7,13-14,22H,4-5,8-12H2,1H3,(H,19,23). The summed E-state index contributed by atoms with van der Waals surface area (Å²) in [5.74, 6) is 0.344. The smallest absolute Gasteiger partial charge is 0.234 e. The molecule has 1 fully saturated rings. The number of nitrogens with one attached hydrogen (secondary N) is 1. The molecule has 2 unspecified atom stereocenters. The normalized spacial score (nSPS) is 20.2. The van der Waals surface area contributed by atoms with Crippen LogP contribution in [0.1, 0.15) is 24.8 Å². The molecule has 0 spiro atoms. The van der Waals surface area contributed by atoms with Gasteiger partial charge in [-0.15, -0.1) is 11.3 Å². The zero-order chi connectivity index (χ0) is 16.9. The van der Waals surface area contributed by atoms with Crippen LogP contribution in [0.2, 0.25) is 0 Å². The van der Waals surface area contributed by atoms with Gasteiger partial charge in [-0.2, -0.15) is 0 Å². The van der Waals surface area contributed by atoms with E-state index in [1.165, 1.54) is 4.70 Å². The van der Waals surface area contributed by atoms with Crippen LogP contribution in [0, 0.1) is 5.92 Å². The molecule has 0 aliphatic carbocycles. The number of nitrogens with zero attached hydrogens (tertiary/aromatic N) is 2. The lowest BCUT2D eigenvalue weighted by Crippen LogP contribution is -2.44. The first-order valence-corrected chi connectivity index (χ1v) is 9.45. The lowest BCUT2D eigenvalue weighted by Gasteiger charge is -2.33. The molecule has 1 aliphatic rings. The van der Waals surface area contributed by atoms with E-state index in [1.807, 2.05) is 25.1 Å². The van der Waals surface area contributed by atoms with E-state index in [9.17, 15) is 9.90 Å². The second-order valence-corrected chi connectivity index (χ2v) is 7.67. The molecule has 0 saturated carbocycles. The molecule has 130 valence electrons. The van der Waals surface area contributed by atoms with Crippen LogP contribution in [-0.2, 0) is 11.2 Å². The summed E-state index contributed by atoms with van der Waals surface area (Å²) in [5, 5.41) is 13.8. The first-order chi connectivity index (χ1) is 11.6. The van der Waals surface area contributed by atoms with Gasteiger partial charge < -0.3 is 10.4 Å². The number of para-hydroxylation sites is 1. The van der Waals surface area contributed by atoms with Crippen molar-refractivity contribution in [2.45, 2.75) is 32.3 Å². The number of carbonyl (C=O) groups is 1. The highest BCUT2D eigenvalue weighted by molar-refractivity contribution is 7.18. The summed E-state index contributed by atoms with van der Waals surface area (Å²) in [7, 11) is 0. The zero-order valence-corrected chi connectivity index (χ0v) is 14.9. The minimum atomic E-state index is -0.296. The van der Waals surface area contributed by atoms with Crippen molar-refractivity contribution in [2.24, 2.45) is 5.92 Å². The minimum absolute atomic E-state index is 0.0577. The van der Waals surface area contributed by atoms with Crippen LogP contribution in [0.15, 0.2) is 24.3 Å². The van der Waals surface area contributed by atoms with E-state index in [1.54, 1.807) is 11.3 Å². The molecule has 1 aromatic carbocycles. The van der Waals surface area contributed by atoms with E-state index in [-0.39, 0.29) is 17.9 Å². The van der Waals surface area contributed by atoms with Gasteiger partial charge in [-0.1, -0.05) is 12.1 Å². The molecule has 2 atom stereocenters. The van der Waals surface area contributed by atoms with Crippen LogP contribution in [0.3, 0.4) is 0 Å². The van der Waals surface area contributed by atoms with Crippen LogP contribution in [0.25, 0.3) is 10.2 Å². The first-order valence-electron chi connectivity index (χ1n) is 8.63. The van der Waals surface area contributed by atoms with Gasteiger partial charge in [-0.3, -0.25) is 9.69 Å². The molecular weight excluding hydrogens is 322 g/mol. The molecule has 2 N–H and O–H groups in total. The monoisotopic (exact) mass is 347 g/mol. The number of aromatic nitrogens is 1. The van der Waals surface area contributed by atoms with Gasteiger partial charge in [0.2, 0.25) is 5.91 Å². The number of amides is 1. The summed E-state index contributed by atoms with van der Waals surface area (Å²) >= 11 is 1.69. The van der Waals surface area contributed by atoms with Gasteiger partial charge >= 0.3 is 0 Å². The number of rotatable bonds is 6. The molecule has 2 heterocycles. The van der Waals surface area contributed by atoms with Crippen molar-refractivity contribution in [1.82, 2.24) is 15.2 Å². The van der Waals surface area contributed by atoms with Gasteiger partial charge in [-0.25, -0.2) is 4.98 Å². The Labute approximate surface area is 146 Å². The summed E-state index contributed by atoms with van der Waals surface area (Å²) in [5.41, 5.74) is 1.03. The lowest BCUT2D eigenvalue weighted by atomic mass is 9.93. The maximum absolute atomic E-state index is 12.1. The van der Waals surface area contributed by atoms with Crippen LogP contribution in [-0.4, -0.2) is 53.2 Å². The van der Waals surface area contributed by atoms with Gasteiger partial charge in [0, 0.05) is 19.5 Å². The Hall–Kier alpha value is -1.50. The van der Waals surface area contributed by atoms with Crippen molar-refractivity contribution in [3.8, 4) is 0 Å². The maximum Gasteiger partial charge on any atom is 0.234 e. The minimum Gasteiger partial charge on any atom is -0.393 e. The molecule has 2 aromatic rings. The summed E-state index contributed by atoms with van der Waals surface area (Å²) in [6.07, 6.45) is 2.57. The Morgan fingerprint density at radius 1 is 1.50 bits per heavy atom. The van der Waals surface area contributed by atoms with E-state index in [2.05, 4.69) is 21.3 Å². The number of likely N-dealkylation sites (tertiary alicyclic amines) is 1. The second kappa shape index (κ2) is 8.05. The highest BCUT2D eigenvalue weighted by atomic mass is 32.1. The third-order valence-corrected chi connectivity index (χ3v) is 5.69. The number of hydrogen-bond donors (Lipinski definition) is 2. The number of carbonyl (C=O) groups excluding carboxylic acids is 1. The van der Waals surface area contributed by atoms with Gasteiger partial charge in [0.15, 0.2) is 0 Å². The van der Waals surface area contributed by atoms with Crippen molar-refractivity contribution >= 4 is 27.5 Å². The molecule has 24 heavy (non-hydrogen) atoms. The highest BCUT2D eigenvalue weighted by Crippen LogP contribution is 2.21. The predicted molar refractivity (Wildman–Crippen MR) is 97.2 cm³/mol. The first kappa shape index (κ1) is 17.3. The van der Waals surface area contributed by atoms with Crippen molar-refractivity contribution in [3.63, 3.8) is 0 Å². The highest BCUT2D eigenvalue weighted by Gasteiger charge is 2.24. The van der Waals surface area contributed by atoms with Crippen LogP contribution >= 0.6 is 11.3 Å². The fraction of sp³-hybridized carbons (Fsp3) is 0.556. The van der Waals surface area contributed by atoms with E-state index in [4.69, 9.17) is 0 Å². The Morgan fingerprint density at radius 3 is 3.12 bits per heavy atom. The van der Waals surface area contributed by atoms with Crippen LogP contribution < -0.4 is 5.32 Å². The van der Waals surface area contributed by atoms with Crippen LogP contribution in [0.4, 0.5) is 0 Å². The quantitative estimate of drug-likeness (QED) is 0.839. The SMILES string of the molecule is CC(O)C1CCCN(CC(=O)NCCc2nc3ccccc3s2)C1. The molecule has 1 saturated heterocycles. The molecule has 5 nitrogen and oxygen atoms in total. The summed E-state index contributed by atoms with van der Waals surface area (Å²) < 4.78 is 1.19. The predicted octanol–water partition coefficient (Wildman–Crippen LogP) is 2.05. The van der Waals surface area contributed by atoms with E-state index in [0.29, 0.717) is 13.1 Å². The maximum atomic E-state index is 12.1. The Kier molecular flexibility index (Phi) is 5.81. The third-order valence-electron chi connectivity index (χ3n) is 4.59. The van der Waals surface area contributed by atoms with E-state index < -0.39 is 0 Å². The third kappa shape index (κ3) is 4.53. The Balaban J connectivity index is 1.42. The number of thiazole rings is 1. The Morgan fingerprint density at radius 2 is 2.33 bits per heavy atom. The van der Waals surface area contributed by atoms with Gasteiger partial charge in [0.05, 0.1) is 27.9 Å². The topological polar surface area (TPSA) is 65.5 Å². The van der Waals surface area contributed by atoms with Gasteiger partial charge in [0.25, 0.3) is 0 Å². The molecule has 0 radical (unpaired) electrons. The number of fused-ring (bicyclic) bond motifs is 1. The number of aliphatic hydroxyl groups is 1. The van der Waals surface area contributed by atoms with Gasteiger partial charge in [-0.05, 0) is 44.4 Å². The van der Waals surface area contributed by atoms with E-state index in [0.717, 1.165) is 42.9 Å². The summed E-state index contributed by atoms with van der Waals surface area (Å²) in [4.78, 5) is 18.8. The molecule has 1 aliphatic heterocycles. The van der Waals surface area contributed by atoms with E-state index >= 15 is 0 Å². The molecule has 3 rings (SSSR count). The number of piperidine rings is 1. The summed E-state index contributed by atoms with van der Waals surface area (Å²) in [6, 6.07) is 8.10. The molecule has 6 heteroatoms. The van der Waals surface area contributed by atoms with Crippen molar-refractivity contribution in [1.29, 1.82) is 0 Å². The average molecular weight is 347 g/mol. The largest absolute Gasteiger partial charge is 0.393 e. The molecule has 1 amide bonds. The zero-order valence-electron chi connectivity index (χ0n) is 14.1. The van der Waals surface area contributed by atoms with Crippen LogP contribution in [0.5, 0.6) is 0 Å². The number of aliphatic hydroxyl groups excluding tert-OH is 1. The average Bonchev–Trinajstić information content (AvgIpc) is 2.97. The fourth-order valence-corrected chi connectivity index (χ4v) is 4.19. The fourth-order valence-electron chi connectivity index (χ4n) is 3.22. The summed E-state index contributed by atoms with van der Waals surface area (Å²) in [6.45, 7) is 4.62. The molecule has 0 bridgehead atoms. The lowest BCUT2D eigenvalue weighted by molar-refractivity contribution is -0.122. The Bertz CT molecular complexity index is 653. The molecule has 1 aromatic heterocycles. The molecular formula is C18H25N3O2S. The number of hydrogen-bond acceptors (Lipinski definition) is 5. The second-order valence-electron chi connectivity index (χ2n) is 6.55. The van der Waals surface area contributed by atoms with Crippen molar-refractivity contribution in [3.05, 3.63) is 29.3 Å². The van der Waals surface area contributed by atoms with Gasteiger partial charge in [0.1, 0.15) is 0 Å². The van der Waals surface area contributed by atoms with Crippen molar-refractivity contribution < 1.29 is 9.90 Å². The number of benzene rings is 1.